The number of aromatic nitrogens is 1. The Balaban J connectivity index is 2.17. The molecule has 0 fully saturated rings. The van der Waals surface area contributed by atoms with Gasteiger partial charge in [0.15, 0.2) is 0 Å². The topological polar surface area (TPSA) is 54.0 Å². The van der Waals surface area contributed by atoms with Crippen LogP contribution < -0.4 is 10.6 Å². The van der Waals surface area contributed by atoms with Crippen molar-refractivity contribution in [1.82, 2.24) is 4.98 Å². The second-order valence-electron chi connectivity index (χ2n) is 4.42. The van der Waals surface area contributed by atoms with E-state index in [1.807, 2.05) is 37.3 Å². The smallest absolute Gasteiger partial charge is 0.274 e. The van der Waals surface area contributed by atoms with E-state index in [1.54, 1.807) is 12.3 Å². The van der Waals surface area contributed by atoms with Gasteiger partial charge in [-0.05, 0) is 37.1 Å². The molecular weight excluding hydrogens is 250 g/mol. The quantitative estimate of drug-likeness (QED) is 0.875. The molecule has 0 atom stereocenters. The molecule has 0 bridgehead atoms. The van der Waals surface area contributed by atoms with Gasteiger partial charge in [-0.3, -0.25) is 9.78 Å². The molecule has 0 unspecified atom stereocenters. The number of carbonyl (C=O) groups is 1. The highest BCUT2D eigenvalue weighted by molar-refractivity contribution is 6.03. The maximum absolute atomic E-state index is 12.2. The Bertz CT molecular complexity index is 596. The van der Waals surface area contributed by atoms with Crippen molar-refractivity contribution in [2.45, 2.75) is 20.3 Å². The lowest BCUT2D eigenvalue weighted by Gasteiger charge is -2.10. The number of amides is 1. The van der Waals surface area contributed by atoms with E-state index in [0.29, 0.717) is 5.69 Å². The fourth-order valence-electron chi connectivity index (χ4n) is 2.01. The third kappa shape index (κ3) is 3.35. The van der Waals surface area contributed by atoms with Crippen molar-refractivity contribution in [1.29, 1.82) is 0 Å². The number of pyridine rings is 1. The third-order valence-electron chi connectivity index (χ3n) is 3.02. The van der Waals surface area contributed by atoms with Crippen LogP contribution in [0.25, 0.3) is 0 Å². The minimum Gasteiger partial charge on any atom is -0.385 e. The fraction of sp³-hybridized carbons (Fsp3) is 0.250. The van der Waals surface area contributed by atoms with Crippen molar-refractivity contribution in [2.75, 3.05) is 17.2 Å². The van der Waals surface area contributed by atoms with Gasteiger partial charge in [0.25, 0.3) is 5.91 Å². The van der Waals surface area contributed by atoms with Gasteiger partial charge in [-0.25, -0.2) is 0 Å². The number of aryl methyl sites for hydroxylation is 1. The van der Waals surface area contributed by atoms with Crippen LogP contribution in [-0.2, 0) is 6.42 Å². The summed E-state index contributed by atoms with van der Waals surface area (Å²) in [4.78, 5) is 16.4. The molecule has 2 aromatic rings. The summed E-state index contributed by atoms with van der Waals surface area (Å²) in [6.07, 6.45) is 2.51. The van der Waals surface area contributed by atoms with E-state index in [4.69, 9.17) is 0 Å². The molecule has 0 saturated carbocycles. The van der Waals surface area contributed by atoms with Crippen molar-refractivity contribution in [2.24, 2.45) is 0 Å². The Morgan fingerprint density at radius 3 is 2.75 bits per heavy atom. The highest BCUT2D eigenvalue weighted by Gasteiger charge is 2.10. The van der Waals surface area contributed by atoms with Crippen LogP contribution in [0, 0.1) is 0 Å². The summed E-state index contributed by atoms with van der Waals surface area (Å²) in [7, 11) is 0. The number of anilines is 2. The first-order valence-corrected chi connectivity index (χ1v) is 6.83. The average Bonchev–Trinajstić information content (AvgIpc) is 2.48. The molecule has 0 radical (unpaired) electrons. The molecule has 1 aromatic carbocycles. The van der Waals surface area contributed by atoms with Crippen LogP contribution in [-0.4, -0.2) is 17.4 Å². The van der Waals surface area contributed by atoms with E-state index in [2.05, 4.69) is 22.5 Å². The van der Waals surface area contributed by atoms with Gasteiger partial charge in [0.1, 0.15) is 5.69 Å². The second kappa shape index (κ2) is 6.70. The maximum Gasteiger partial charge on any atom is 0.274 e. The summed E-state index contributed by atoms with van der Waals surface area (Å²) in [5.41, 5.74) is 3.27. The first-order chi connectivity index (χ1) is 9.74. The minimum atomic E-state index is -0.189. The molecule has 0 aliphatic rings. The highest BCUT2D eigenvalue weighted by Crippen LogP contribution is 2.17. The zero-order valence-corrected chi connectivity index (χ0v) is 11.8. The molecule has 20 heavy (non-hydrogen) atoms. The monoisotopic (exact) mass is 269 g/mol. The van der Waals surface area contributed by atoms with E-state index in [-0.39, 0.29) is 5.91 Å². The van der Waals surface area contributed by atoms with E-state index < -0.39 is 0 Å². The lowest BCUT2D eigenvalue weighted by Crippen LogP contribution is -2.15. The Hall–Kier alpha value is -2.36. The number of nitrogens with zero attached hydrogens (tertiary/aromatic N) is 1. The molecule has 0 aliphatic heterocycles. The average molecular weight is 269 g/mol. The summed E-state index contributed by atoms with van der Waals surface area (Å²) in [5.74, 6) is -0.189. The van der Waals surface area contributed by atoms with Crippen LogP contribution in [0.1, 0.15) is 29.9 Å². The zero-order valence-electron chi connectivity index (χ0n) is 11.8. The van der Waals surface area contributed by atoms with Crippen LogP contribution in [0.5, 0.6) is 0 Å². The van der Waals surface area contributed by atoms with E-state index in [9.17, 15) is 4.79 Å². The zero-order chi connectivity index (χ0) is 14.4. The number of nitrogens with one attached hydrogen (secondary N) is 2. The summed E-state index contributed by atoms with van der Waals surface area (Å²) in [5, 5.41) is 6.09. The molecule has 104 valence electrons. The van der Waals surface area contributed by atoms with E-state index in [0.717, 1.165) is 29.9 Å². The predicted octanol–water partition coefficient (Wildman–Crippen LogP) is 3.33. The fourth-order valence-corrected chi connectivity index (χ4v) is 2.01. The highest BCUT2D eigenvalue weighted by atomic mass is 16.1. The standard InChI is InChI=1S/C16H19N3O/c1-3-12-7-5-6-8-14(12)19-16(20)15-11-13(17-4-2)9-10-18-15/h5-11H,3-4H2,1-2H3,(H,17,18)(H,19,20). The van der Waals surface area contributed by atoms with E-state index >= 15 is 0 Å². The predicted molar refractivity (Wildman–Crippen MR) is 82.2 cm³/mol. The van der Waals surface area contributed by atoms with Crippen molar-refractivity contribution >= 4 is 17.3 Å². The van der Waals surface area contributed by atoms with Crippen molar-refractivity contribution in [3.05, 3.63) is 53.9 Å². The molecule has 2 rings (SSSR count). The van der Waals surface area contributed by atoms with Crippen molar-refractivity contribution in [3.63, 3.8) is 0 Å². The lowest BCUT2D eigenvalue weighted by molar-refractivity contribution is 0.102. The Kier molecular flexibility index (Phi) is 4.71. The second-order valence-corrected chi connectivity index (χ2v) is 4.42. The number of carbonyl (C=O) groups excluding carboxylic acids is 1. The van der Waals surface area contributed by atoms with Gasteiger partial charge >= 0.3 is 0 Å². The molecule has 4 nitrogen and oxygen atoms in total. The SMILES string of the molecule is CCNc1ccnc(C(=O)Nc2ccccc2CC)c1. The van der Waals surface area contributed by atoms with Gasteiger partial charge in [-0.2, -0.15) is 0 Å². The normalized spacial score (nSPS) is 10.1. The van der Waals surface area contributed by atoms with Crippen LogP contribution in [0.2, 0.25) is 0 Å². The maximum atomic E-state index is 12.2. The van der Waals surface area contributed by atoms with Gasteiger partial charge in [0, 0.05) is 24.1 Å². The summed E-state index contributed by atoms with van der Waals surface area (Å²) in [6, 6.07) is 11.4. The summed E-state index contributed by atoms with van der Waals surface area (Å²) < 4.78 is 0. The summed E-state index contributed by atoms with van der Waals surface area (Å²) >= 11 is 0. The first-order valence-electron chi connectivity index (χ1n) is 6.83. The van der Waals surface area contributed by atoms with E-state index in [1.165, 1.54) is 0 Å². The van der Waals surface area contributed by atoms with Gasteiger partial charge in [0.2, 0.25) is 0 Å². The van der Waals surface area contributed by atoms with Gasteiger partial charge in [-0.1, -0.05) is 25.1 Å². The number of benzene rings is 1. The number of hydrogen-bond donors (Lipinski definition) is 2. The lowest BCUT2D eigenvalue weighted by atomic mass is 10.1. The van der Waals surface area contributed by atoms with Crippen LogP contribution in [0.3, 0.4) is 0 Å². The Morgan fingerprint density at radius 1 is 1.20 bits per heavy atom. The molecule has 4 heteroatoms. The third-order valence-corrected chi connectivity index (χ3v) is 3.02. The van der Waals surface area contributed by atoms with Gasteiger partial charge in [-0.15, -0.1) is 0 Å². The molecule has 1 aromatic heterocycles. The van der Waals surface area contributed by atoms with Crippen LogP contribution in [0.4, 0.5) is 11.4 Å². The number of rotatable bonds is 5. The molecule has 2 N–H and O–H groups in total. The number of para-hydroxylation sites is 1. The van der Waals surface area contributed by atoms with Gasteiger partial charge in [0.05, 0.1) is 0 Å². The Labute approximate surface area is 119 Å². The molecule has 1 heterocycles. The van der Waals surface area contributed by atoms with Crippen LogP contribution in [0.15, 0.2) is 42.6 Å². The largest absolute Gasteiger partial charge is 0.385 e. The number of hydrogen-bond acceptors (Lipinski definition) is 3. The van der Waals surface area contributed by atoms with Crippen molar-refractivity contribution in [3.8, 4) is 0 Å². The minimum absolute atomic E-state index is 0.189. The molecule has 0 spiro atoms. The molecule has 0 aliphatic carbocycles. The van der Waals surface area contributed by atoms with Crippen LogP contribution >= 0.6 is 0 Å². The molecule has 1 amide bonds. The van der Waals surface area contributed by atoms with Gasteiger partial charge < -0.3 is 10.6 Å². The first kappa shape index (κ1) is 14.1. The van der Waals surface area contributed by atoms with Crippen molar-refractivity contribution < 1.29 is 4.79 Å². The molecular formula is C16H19N3O. The summed E-state index contributed by atoms with van der Waals surface area (Å²) in [6.45, 7) is 4.89. The Morgan fingerprint density at radius 2 is 2.00 bits per heavy atom. The molecule has 0 saturated heterocycles.